The van der Waals surface area contributed by atoms with Crippen molar-refractivity contribution in [2.75, 3.05) is 10.1 Å². The zero-order chi connectivity index (χ0) is 38.6. The zero-order valence-corrected chi connectivity index (χ0v) is 31.7. The van der Waals surface area contributed by atoms with E-state index in [9.17, 15) is 0 Å². The number of rotatable bonds is 7. The van der Waals surface area contributed by atoms with Crippen LogP contribution in [-0.4, -0.2) is 14.5 Å². The van der Waals surface area contributed by atoms with Crippen LogP contribution in [0.25, 0.3) is 27.6 Å². The van der Waals surface area contributed by atoms with Crippen LogP contribution in [-0.2, 0) is 26.5 Å². The number of hydrogen-bond donors (Lipinski definition) is 0. The fourth-order valence-electron chi connectivity index (χ4n) is 7.95. The average molecular weight is 894 g/mol. The van der Waals surface area contributed by atoms with Crippen LogP contribution in [0, 0.1) is 19.0 Å². The van der Waals surface area contributed by atoms with Gasteiger partial charge in [0.05, 0.1) is 0 Å². The normalized spacial score (nSPS) is 13.6. The van der Waals surface area contributed by atoms with E-state index < -0.39 is 12.3 Å². The molecule has 0 atom stereocenters. The van der Waals surface area contributed by atoms with E-state index in [-0.39, 0.29) is 26.6 Å². The van der Waals surface area contributed by atoms with Gasteiger partial charge in [-0.3, -0.25) is 0 Å². The van der Waals surface area contributed by atoms with Crippen LogP contribution in [0.2, 0.25) is 0 Å². The minimum absolute atomic E-state index is 0. The molecule has 1 aliphatic heterocycles. The molecule has 2 aromatic heterocycles. The summed E-state index contributed by atoms with van der Waals surface area (Å²) in [4.78, 5) is 9.88. The Labute approximate surface area is 339 Å². The average Bonchev–Trinajstić information content (AvgIpc) is 3.81. The van der Waals surface area contributed by atoms with E-state index in [1.54, 1.807) is 18.3 Å². The van der Waals surface area contributed by atoms with Crippen LogP contribution in [0.4, 0.5) is 22.7 Å². The monoisotopic (exact) mass is 893 g/mol. The summed E-state index contributed by atoms with van der Waals surface area (Å²) >= 11 is 0. The van der Waals surface area contributed by atoms with Gasteiger partial charge >= 0.3 is 0 Å². The number of anilines is 4. The summed E-state index contributed by atoms with van der Waals surface area (Å²) in [5.74, 6) is 0.513. The molecule has 0 saturated carbocycles. The largest absolute Gasteiger partial charge is 0.319 e. The van der Waals surface area contributed by atoms with Crippen LogP contribution in [0.3, 0.4) is 0 Å². The molecule has 7 aromatic carbocycles. The number of para-hydroxylation sites is 4. The molecule has 0 unspecified atom stereocenters. The summed E-state index contributed by atoms with van der Waals surface area (Å²) in [7, 11) is 0. The maximum absolute atomic E-state index is 8.17. The van der Waals surface area contributed by atoms with Crippen molar-refractivity contribution < 1.29 is 30.1 Å². The predicted octanol–water partition coefficient (Wildman–Crippen LogP) is 11.6. The first-order chi connectivity index (χ1) is 27.9. The van der Waals surface area contributed by atoms with E-state index in [0.717, 1.165) is 66.8 Å². The fourth-order valence-corrected chi connectivity index (χ4v) is 7.95. The summed E-state index contributed by atoms with van der Waals surface area (Å²) in [5.41, 5.74) is 8.57. The Balaban J connectivity index is 0.00000436. The van der Waals surface area contributed by atoms with Crippen molar-refractivity contribution in [3.8, 4) is 5.82 Å². The molecule has 1 aliphatic rings. The Kier molecular flexibility index (Phi) is 8.03. The first-order valence-electron chi connectivity index (χ1n) is 19.4. The Bertz CT molecular complexity index is 2860. The Morgan fingerprint density at radius 2 is 1.22 bits per heavy atom. The van der Waals surface area contributed by atoms with Gasteiger partial charge in [0.1, 0.15) is 22.9 Å². The van der Waals surface area contributed by atoms with Gasteiger partial charge in [-0.05, 0) is 71.4 Å². The van der Waals surface area contributed by atoms with Gasteiger partial charge in [-0.2, -0.15) is 35.3 Å². The first-order valence-corrected chi connectivity index (χ1v) is 17.9. The van der Waals surface area contributed by atoms with Gasteiger partial charge < -0.3 is 4.57 Å². The third-order valence-electron chi connectivity index (χ3n) is 10.3. The Morgan fingerprint density at radius 1 is 0.582 bits per heavy atom. The summed E-state index contributed by atoms with van der Waals surface area (Å²) < 4.78 is 26.5. The number of aryl methyl sites for hydroxylation is 1. The number of pyridine rings is 1. The molecule has 0 fully saturated rings. The van der Waals surface area contributed by atoms with Gasteiger partial charge in [-0.15, -0.1) is 33.7 Å². The van der Waals surface area contributed by atoms with Gasteiger partial charge in [0.25, 0.3) is 0 Å². The van der Waals surface area contributed by atoms with E-state index in [4.69, 9.17) is 14.0 Å². The number of fused-ring (bicyclic) bond motifs is 4. The molecule has 0 bridgehead atoms. The van der Waals surface area contributed by atoms with Gasteiger partial charge in [0, 0.05) is 48.0 Å². The summed E-state index contributed by atoms with van der Waals surface area (Å²) in [6.07, 6.45) is 1.57. The molecule has 268 valence electrons. The number of hydrogen-bond acceptors (Lipinski definition) is 3. The minimum atomic E-state index is -2.29. The van der Waals surface area contributed by atoms with Crippen LogP contribution >= 0.6 is 0 Å². The molecule has 0 aliphatic carbocycles. The second-order valence-electron chi connectivity index (χ2n) is 13.4. The molecule has 1 N–H and O–H groups in total. The van der Waals surface area contributed by atoms with Crippen LogP contribution in [0.15, 0.2) is 188 Å². The van der Waals surface area contributed by atoms with Crippen LogP contribution in [0.1, 0.15) is 31.9 Å². The first kappa shape index (κ1) is 31.1. The second-order valence-corrected chi connectivity index (χ2v) is 13.4. The third kappa shape index (κ3) is 5.67. The van der Waals surface area contributed by atoms with Crippen LogP contribution < -0.4 is 10.1 Å². The van der Waals surface area contributed by atoms with E-state index in [2.05, 4.69) is 115 Å². The van der Waals surface area contributed by atoms with Gasteiger partial charge in [0.2, 0.25) is 0 Å². The molecule has 3 heterocycles. The predicted molar refractivity (Wildman–Crippen MR) is 218 cm³/mol. The van der Waals surface area contributed by atoms with E-state index in [1.807, 2.05) is 81.4 Å². The molecule has 10 rings (SSSR count). The maximum Gasteiger partial charge on any atom is 0.148 e. The number of benzene rings is 7. The number of nitrogens with zero attached hydrogens (tertiary/aromatic N) is 4. The minimum Gasteiger partial charge on any atom is -0.319 e. The van der Waals surface area contributed by atoms with Crippen molar-refractivity contribution in [1.82, 2.24) is 9.55 Å². The second kappa shape index (κ2) is 14.2. The summed E-state index contributed by atoms with van der Waals surface area (Å²) in [5, 5.41) is 5.93. The fraction of sp³-hybridized carbons (Fsp3) is 0.0408. The van der Waals surface area contributed by atoms with Gasteiger partial charge in [-0.1, -0.05) is 120 Å². The van der Waals surface area contributed by atoms with Crippen molar-refractivity contribution in [3.63, 3.8) is 0 Å². The maximum atomic E-state index is 8.17. The third-order valence-corrected chi connectivity index (χ3v) is 10.3. The number of aromatic nitrogens is 2. The molecule has 5 nitrogen and oxygen atoms in total. The molecule has 9 aromatic rings. The molecule has 0 spiro atoms. The standard InChI is InChI=1S/C49H34N4O.Pt/c1-35-30-31-50-48(32-35)51-44-25-12-11-24-42(44)43-29-28-39(34-47(43)51)49(36-16-5-2-6-17-36,37-18-7-3-8-19-37)38-20-15-23-41(33-38)53-46-27-14-13-26-45(46)52(54-53)40-21-9-4-10-22-40;/h2-32H,1H3;/q-2;/p+1/i1D3;. The van der Waals surface area contributed by atoms with Crippen molar-refractivity contribution in [3.05, 3.63) is 228 Å². The molecular formula is C49H35N4OPt-. The van der Waals surface area contributed by atoms with Crippen molar-refractivity contribution in [2.45, 2.75) is 12.3 Å². The van der Waals surface area contributed by atoms with Crippen molar-refractivity contribution >= 4 is 44.6 Å². The van der Waals surface area contributed by atoms with Gasteiger partial charge in [0.15, 0.2) is 0 Å². The van der Waals surface area contributed by atoms with Gasteiger partial charge in [-0.25, -0.2) is 4.98 Å². The van der Waals surface area contributed by atoms with E-state index >= 15 is 0 Å². The smallest absolute Gasteiger partial charge is 0.148 e. The van der Waals surface area contributed by atoms with Crippen LogP contribution in [0.5, 0.6) is 0 Å². The molecule has 0 saturated heterocycles. The van der Waals surface area contributed by atoms with E-state index in [0.29, 0.717) is 5.82 Å². The Hall–Kier alpha value is -6.26. The Morgan fingerprint density at radius 3 is 1.95 bits per heavy atom. The summed E-state index contributed by atoms with van der Waals surface area (Å²) in [6.45, 7) is -2.29. The topological polar surface area (TPSA) is 37.1 Å². The zero-order valence-electron chi connectivity index (χ0n) is 32.5. The quantitative estimate of drug-likeness (QED) is 0.0909. The SMILES string of the molecule is [2H]C([2H])([2H])c1ccnc(-n2c3[c-]c(C(c4[c-]c(N5[OH+]N(c6ccccc6)c6ccccc65)ccc4)(c4ccccc4)c4ccccc4)ccc3c3ccccc32)c1.[Pt]. The molecule has 0 radical (unpaired) electrons. The molecule has 6 heteroatoms. The molecule has 0 amide bonds. The molecular weight excluding hydrogens is 856 g/mol. The van der Waals surface area contributed by atoms with Crippen molar-refractivity contribution in [2.24, 2.45) is 0 Å². The molecule has 55 heavy (non-hydrogen) atoms. The van der Waals surface area contributed by atoms with Crippen molar-refractivity contribution in [1.29, 1.82) is 0 Å². The van der Waals surface area contributed by atoms with E-state index in [1.165, 1.54) is 0 Å². The summed E-state index contributed by atoms with van der Waals surface area (Å²) in [6, 6.07) is 69.1.